The van der Waals surface area contributed by atoms with Crippen LogP contribution in [0.3, 0.4) is 0 Å². The molecule has 2 atom stereocenters. The number of hydrogen-bond donors (Lipinski definition) is 1. The van der Waals surface area contributed by atoms with E-state index in [1.54, 1.807) is 15.6 Å². The molecule has 0 spiro atoms. The predicted octanol–water partition coefficient (Wildman–Crippen LogP) is 9.15. The van der Waals surface area contributed by atoms with Gasteiger partial charge in [-0.25, -0.2) is 4.79 Å². The van der Waals surface area contributed by atoms with E-state index in [1.807, 2.05) is 157 Å². The molecule has 2 unspecified atom stereocenters. The zero-order valence-electron chi connectivity index (χ0n) is 37.2. The van der Waals surface area contributed by atoms with Crippen molar-refractivity contribution in [1.29, 1.82) is 0 Å². The highest BCUT2D eigenvalue weighted by Gasteiger charge is 2.28. The number of ether oxygens (including phenoxy) is 1. The minimum atomic E-state index is -0.671. The van der Waals surface area contributed by atoms with Crippen molar-refractivity contribution in [3.63, 3.8) is 0 Å². The fourth-order valence-electron chi connectivity index (χ4n) is 8.63. The second-order valence-corrected chi connectivity index (χ2v) is 16.0. The maximum Gasteiger partial charge on any atom is 0.333 e. The highest BCUT2D eigenvalue weighted by atomic mass is 16.5. The summed E-state index contributed by atoms with van der Waals surface area (Å²) in [5.74, 6) is 1.14. The van der Waals surface area contributed by atoms with Crippen molar-refractivity contribution in [1.82, 2.24) is 49.0 Å². The molecular formula is C50H48N10O5. The van der Waals surface area contributed by atoms with Crippen LogP contribution < -0.4 is 0 Å². The Labute approximate surface area is 374 Å². The number of nitrogens with zero attached hydrogens (tertiary/aromatic N) is 10. The molecule has 0 saturated heterocycles. The van der Waals surface area contributed by atoms with E-state index in [4.69, 9.17) is 23.8 Å². The first-order chi connectivity index (χ1) is 31.5. The molecular weight excluding hydrogens is 821 g/mol. The summed E-state index contributed by atoms with van der Waals surface area (Å²) in [6.45, 7) is 9.69. The van der Waals surface area contributed by atoms with Crippen LogP contribution in [0.2, 0.25) is 0 Å². The number of aryl methyl sites for hydroxylation is 6. The second kappa shape index (κ2) is 17.7. The summed E-state index contributed by atoms with van der Waals surface area (Å²) in [6, 6.07) is 22.9. The number of aliphatic hydroxyl groups excluding tert-OH is 1. The van der Waals surface area contributed by atoms with Gasteiger partial charge in [0, 0.05) is 95.8 Å². The van der Waals surface area contributed by atoms with Gasteiger partial charge < -0.3 is 28.0 Å². The van der Waals surface area contributed by atoms with Gasteiger partial charge in [0.05, 0.1) is 65.1 Å². The van der Waals surface area contributed by atoms with Gasteiger partial charge >= 0.3 is 5.97 Å². The molecule has 0 fully saturated rings. The largest absolute Gasteiger partial charge is 0.464 e. The second-order valence-electron chi connectivity index (χ2n) is 16.0. The van der Waals surface area contributed by atoms with Crippen molar-refractivity contribution in [3.05, 3.63) is 156 Å². The quantitative estimate of drug-likeness (QED) is 0.123. The summed E-state index contributed by atoms with van der Waals surface area (Å²) in [7, 11) is 3.77. The van der Waals surface area contributed by atoms with Crippen LogP contribution in [0.25, 0.3) is 66.6 Å². The van der Waals surface area contributed by atoms with E-state index in [1.165, 1.54) is 0 Å². The maximum atomic E-state index is 13.3. The van der Waals surface area contributed by atoms with Gasteiger partial charge in [0.1, 0.15) is 11.5 Å². The average molecular weight is 869 g/mol. The Hall–Kier alpha value is -7.91. The molecule has 328 valence electrons. The lowest BCUT2D eigenvalue weighted by molar-refractivity contribution is -0.145. The molecule has 10 aromatic rings. The number of fused-ring (bicyclic) bond motifs is 2. The molecule has 0 amide bonds. The Morgan fingerprint density at radius 1 is 0.646 bits per heavy atom. The molecule has 15 heteroatoms. The Morgan fingerprint density at radius 3 is 1.55 bits per heavy atom. The Kier molecular flexibility index (Phi) is 11.5. The third kappa shape index (κ3) is 8.01. The Morgan fingerprint density at radius 2 is 1.12 bits per heavy atom. The molecule has 65 heavy (non-hydrogen) atoms. The monoisotopic (exact) mass is 868 g/mol. The first kappa shape index (κ1) is 42.4. The topological polar surface area (TPSA) is 170 Å². The lowest BCUT2D eigenvalue weighted by atomic mass is 10.0. The zero-order valence-corrected chi connectivity index (χ0v) is 37.2. The third-order valence-corrected chi connectivity index (χ3v) is 11.6. The molecule has 0 radical (unpaired) electrons. The molecule has 10 rings (SSSR count). The van der Waals surface area contributed by atoms with Gasteiger partial charge in [-0.15, -0.1) is 0 Å². The van der Waals surface area contributed by atoms with Crippen molar-refractivity contribution in [2.75, 3.05) is 13.2 Å². The minimum Gasteiger partial charge on any atom is -0.464 e. The molecule has 15 nitrogen and oxygen atoms in total. The molecule has 0 saturated carbocycles. The van der Waals surface area contributed by atoms with Crippen LogP contribution in [0.15, 0.2) is 131 Å². The molecule has 0 aliphatic rings. The zero-order chi connectivity index (χ0) is 45.4. The molecule has 0 aliphatic heterocycles. The van der Waals surface area contributed by atoms with Gasteiger partial charge in [-0.1, -0.05) is 71.0 Å². The first-order valence-electron chi connectivity index (χ1n) is 21.3. The summed E-state index contributed by atoms with van der Waals surface area (Å²) < 4.78 is 23.8. The fourth-order valence-corrected chi connectivity index (χ4v) is 8.63. The fraction of sp³-hybridized carbons (Fsp3) is 0.220. The predicted molar refractivity (Wildman–Crippen MR) is 247 cm³/mol. The van der Waals surface area contributed by atoms with Crippen LogP contribution in [0.1, 0.15) is 53.0 Å². The normalized spacial score (nSPS) is 12.4. The van der Waals surface area contributed by atoms with Gasteiger partial charge in [0.25, 0.3) is 0 Å². The molecule has 8 aromatic heterocycles. The third-order valence-electron chi connectivity index (χ3n) is 11.6. The van der Waals surface area contributed by atoms with E-state index in [0.29, 0.717) is 12.4 Å². The molecule has 8 heterocycles. The van der Waals surface area contributed by atoms with E-state index < -0.39 is 6.04 Å². The molecule has 1 N–H and O–H groups in total. The smallest absolute Gasteiger partial charge is 0.333 e. The Balaban J connectivity index is 0.000000165. The number of pyridine rings is 2. The van der Waals surface area contributed by atoms with E-state index in [0.717, 1.165) is 94.8 Å². The molecule has 2 aromatic carbocycles. The summed E-state index contributed by atoms with van der Waals surface area (Å²) >= 11 is 0. The van der Waals surface area contributed by atoms with Gasteiger partial charge in [0.15, 0.2) is 6.04 Å². The lowest BCUT2D eigenvalue weighted by Crippen LogP contribution is -2.22. The van der Waals surface area contributed by atoms with Gasteiger partial charge in [-0.05, 0) is 57.9 Å². The number of aliphatic hydroxyl groups is 1. The lowest BCUT2D eigenvalue weighted by Gasteiger charge is -2.19. The number of benzene rings is 2. The number of aromatic nitrogens is 10. The molecule has 0 aliphatic carbocycles. The van der Waals surface area contributed by atoms with Crippen molar-refractivity contribution < 1.29 is 23.7 Å². The van der Waals surface area contributed by atoms with Crippen molar-refractivity contribution in [2.24, 2.45) is 14.1 Å². The van der Waals surface area contributed by atoms with Crippen LogP contribution in [0.4, 0.5) is 0 Å². The van der Waals surface area contributed by atoms with Gasteiger partial charge in [-0.3, -0.25) is 19.3 Å². The molecule has 0 bridgehead atoms. The van der Waals surface area contributed by atoms with Gasteiger partial charge in [0.2, 0.25) is 0 Å². The number of rotatable bonds is 11. The number of hydrogen-bond acceptors (Lipinski definition) is 11. The summed E-state index contributed by atoms with van der Waals surface area (Å²) in [6.07, 6.45) is 15.2. The standard InChI is InChI=1S/C26H25N5O3.C24H23N5O2/c1-5-33-26(32)25(18-9-7-6-8-10-18)31-15-21(20-13-28-30(4)14-20)24-22(31)11-19(12-27-24)23-16(2)29-34-17(23)3;1-15-23(16(2)31-27-15)18-9-21-24(25-10-18)20(19-11-26-28(3)12-19)13-29(21)22(14-30)17-7-5-4-6-8-17/h6-15,25H,5H2,1-4H3;4-13,22,30H,14H2,1-3H3. The van der Waals surface area contributed by atoms with Crippen molar-refractivity contribution >= 4 is 28.0 Å². The van der Waals surface area contributed by atoms with E-state index in [9.17, 15) is 9.90 Å². The van der Waals surface area contributed by atoms with Crippen molar-refractivity contribution in [2.45, 2.75) is 46.7 Å². The summed E-state index contributed by atoms with van der Waals surface area (Å²) in [5.41, 5.74) is 14.3. The SMILES string of the molecule is CCOC(=O)C(c1ccccc1)n1cc(-c2cnn(C)c2)c2ncc(-c3c(C)noc3C)cc21.Cc1noc(C)c1-c1cnc2c(-c3cnn(C)c3)cn(C(CO)c3ccccc3)c2c1. The number of carbonyl (C=O) groups is 1. The first-order valence-corrected chi connectivity index (χ1v) is 21.3. The highest BCUT2D eigenvalue weighted by Crippen LogP contribution is 2.38. The van der Waals surface area contributed by atoms with Crippen LogP contribution in [0, 0.1) is 27.7 Å². The Bertz CT molecular complexity index is 3240. The van der Waals surface area contributed by atoms with Gasteiger partial charge in [-0.2, -0.15) is 10.2 Å². The van der Waals surface area contributed by atoms with Crippen LogP contribution in [-0.2, 0) is 23.6 Å². The average Bonchev–Trinajstić information content (AvgIpc) is 4.19. The maximum absolute atomic E-state index is 13.3. The summed E-state index contributed by atoms with van der Waals surface area (Å²) in [4.78, 5) is 22.9. The van der Waals surface area contributed by atoms with E-state index in [-0.39, 0.29) is 18.6 Å². The van der Waals surface area contributed by atoms with Crippen LogP contribution >= 0.6 is 0 Å². The minimum absolute atomic E-state index is 0.0319. The number of carbonyl (C=O) groups excluding carboxylic acids is 1. The van der Waals surface area contributed by atoms with Crippen LogP contribution in [0.5, 0.6) is 0 Å². The summed E-state index contributed by atoms with van der Waals surface area (Å²) in [5, 5.41) is 27.2. The van der Waals surface area contributed by atoms with E-state index in [2.05, 4.69) is 37.3 Å². The number of esters is 1. The van der Waals surface area contributed by atoms with Crippen molar-refractivity contribution in [3.8, 4) is 44.5 Å². The van der Waals surface area contributed by atoms with Crippen LogP contribution in [-0.4, -0.2) is 73.3 Å². The van der Waals surface area contributed by atoms with E-state index >= 15 is 0 Å². The highest BCUT2D eigenvalue weighted by molar-refractivity contribution is 5.97.